The van der Waals surface area contributed by atoms with E-state index in [4.69, 9.17) is 4.74 Å². The number of carbonyl (C=O) groups is 2. The third-order valence-corrected chi connectivity index (χ3v) is 2.03. The molecule has 0 N–H and O–H groups in total. The monoisotopic (exact) mass is 211 g/mol. The first-order valence-electron chi connectivity index (χ1n) is 5.00. The van der Waals surface area contributed by atoms with Gasteiger partial charge in [-0.05, 0) is 34.1 Å². The van der Waals surface area contributed by atoms with Crippen LogP contribution >= 0.6 is 0 Å². The van der Waals surface area contributed by atoms with Crippen molar-refractivity contribution in [3.05, 3.63) is 12.3 Å². The van der Waals surface area contributed by atoms with Gasteiger partial charge in [0.2, 0.25) is 0 Å². The summed E-state index contributed by atoms with van der Waals surface area (Å²) < 4.78 is 5.19. The summed E-state index contributed by atoms with van der Waals surface area (Å²) in [6.07, 6.45) is 3.53. The van der Waals surface area contributed by atoms with Crippen LogP contribution in [0.15, 0.2) is 12.3 Å². The van der Waals surface area contributed by atoms with Crippen LogP contribution in [0.5, 0.6) is 0 Å². The van der Waals surface area contributed by atoms with Crippen molar-refractivity contribution in [3.63, 3.8) is 0 Å². The standard InChI is InChI=1S/C11H17NO3/c1-8(13)9-6-5-7-12(9)10(14)15-11(2,3)4/h5,7,9H,6H2,1-4H3. The second-order valence-corrected chi connectivity index (χ2v) is 4.63. The molecule has 0 saturated carbocycles. The van der Waals surface area contributed by atoms with Crippen molar-refractivity contribution in [3.8, 4) is 0 Å². The molecule has 0 aliphatic carbocycles. The molecule has 0 spiro atoms. The highest BCUT2D eigenvalue weighted by Crippen LogP contribution is 2.19. The van der Waals surface area contributed by atoms with Gasteiger partial charge in [-0.25, -0.2) is 4.79 Å². The molecule has 0 aromatic rings. The minimum atomic E-state index is -0.533. The van der Waals surface area contributed by atoms with Crippen LogP contribution in [-0.4, -0.2) is 28.4 Å². The zero-order valence-corrected chi connectivity index (χ0v) is 9.61. The summed E-state index contributed by atoms with van der Waals surface area (Å²) in [6.45, 7) is 6.88. The zero-order valence-electron chi connectivity index (χ0n) is 9.61. The Morgan fingerprint density at radius 3 is 2.47 bits per heavy atom. The van der Waals surface area contributed by atoms with Crippen LogP contribution in [0.25, 0.3) is 0 Å². The number of amides is 1. The van der Waals surface area contributed by atoms with Gasteiger partial charge in [-0.2, -0.15) is 0 Å². The number of hydrogen-bond acceptors (Lipinski definition) is 3. The molecule has 0 saturated heterocycles. The van der Waals surface area contributed by atoms with Gasteiger partial charge < -0.3 is 4.74 Å². The molecule has 1 amide bonds. The van der Waals surface area contributed by atoms with E-state index < -0.39 is 11.7 Å². The maximum absolute atomic E-state index is 11.7. The first kappa shape index (κ1) is 11.8. The fourth-order valence-electron chi connectivity index (χ4n) is 1.39. The lowest BCUT2D eigenvalue weighted by molar-refractivity contribution is -0.120. The number of nitrogens with zero attached hydrogens (tertiary/aromatic N) is 1. The molecular weight excluding hydrogens is 194 g/mol. The van der Waals surface area contributed by atoms with Crippen LogP contribution in [0.1, 0.15) is 34.1 Å². The first-order chi connectivity index (χ1) is 6.81. The smallest absolute Gasteiger partial charge is 0.415 e. The van der Waals surface area contributed by atoms with E-state index in [0.29, 0.717) is 6.42 Å². The molecule has 0 aromatic heterocycles. The molecule has 0 bridgehead atoms. The van der Waals surface area contributed by atoms with Gasteiger partial charge in [-0.15, -0.1) is 0 Å². The molecule has 4 heteroatoms. The minimum Gasteiger partial charge on any atom is -0.443 e. The Kier molecular flexibility index (Phi) is 3.17. The van der Waals surface area contributed by atoms with Gasteiger partial charge in [-0.1, -0.05) is 6.08 Å². The summed E-state index contributed by atoms with van der Waals surface area (Å²) in [5.74, 6) is -0.0224. The van der Waals surface area contributed by atoms with E-state index in [-0.39, 0.29) is 11.8 Å². The van der Waals surface area contributed by atoms with Crippen LogP contribution in [0.3, 0.4) is 0 Å². The van der Waals surface area contributed by atoms with Crippen molar-refractivity contribution < 1.29 is 14.3 Å². The van der Waals surface area contributed by atoms with Gasteiger partial charge >= 0.3 is 6.09 Å². The molecule has 1 atom stereocenters. The Morgan fingerprint density at radius 1 is 1.40 bits per heavy atom. The fraction of sp³-hybridized carbons (Fsp3) is 0.636. The normalized spacial score (nSPS) is 20.5. The van der Waals surface area contributed by atoms with Gasteiger partial charge in [0.05, 0.1) is 0 Å². The molecule has 0 aromatic carbocycles. The Labute approximate surface area is 89.9 Å². The quantitative estimate of drug-likeness (QED) is 0.667. The van der Waals surface area contributed by atoms with Gasteiger partial charge in [0, 0.05) is 6.20 Å². The highest BCUT2D eigenvalue weighted by atomic mass is 16.6. The van der Waals surface area contributed by atoms with Gasteiger partial charge in [0.1, 0.15) is 11.6 Å². The lowest BCUT2D eigenvalue weighted by atomic mass is 10.1. The Bertz CT molecular complexity index is 301. The number of ether oxygens (including phenoxy) is 1. The average molecular weight is 211 g/mol. The van der Waals surface area contributed by atoms with E-state index in [2.05, 4.69) is 0 Å². The summed E-state index contributed by atoms with van der Waals surface area (Å²) in [5.41, 5.74) is -0.533. The molecule has 1 aliphatic heterocycles. The summed E-state index contributed by atoms with van der Waals surface area (Å²) >= 11 is 0. The molecule has 1 rings (SSSR count). The summed E-state index contributed by atoms with van der Waals surface area (Å²) in [5, 5.41) is 0. The molecule has 0 radical (unpaired) electrons. The van der Waals surface area contributed by atoms with Crippen LogP contribution in [-0.2, 0) is 9.53 Å². The minimum absolute atomic E-state index is 0.0224. The number of hydrogen-bond donors (Lipinski definition) is 0. The fourth-order valence-corrected chi connectivity index (χ4v) is 1.39. The lowest BCUT2D eigenvalue weighted by Gasteiger charge is -2.26. The second-order valence-electron chi connectivity index (χ2n) is 4.63. The molecule has 4 nitrogen and oxygen atoms in total. The highest BCUT2D eigenvalue weighted by Gasteiger charge is 2.31. The molecule has 84 valence electrons. The average Bonchev–Trinajstić information content (AvgIpc) is 2.47. The van der Waals surface area contributed by atoms with E-state index in [9.17, 15) is 9.59 Å². The van der Waals surface area contributed by atoms with Gasteiger partial charge in [0.15, 0.2) is 5.78 Å². The van der Waals surface area contributed by atoms with Crippen molar-refractivity contribution in [1.82, 2.24) is 4.90 Å². The van der Waals surface area contributed by atoms with Crippen molar-refractivity contribution in [1.29, 1.82) is 0 Å². The topological polar surface area (TPSA) is 46.6 Å². The number of rotatable bonds is 1. The third-order valence-electron chi connectivity index (χ3n) is 2.03. The van der Waals surface area contributed by atoms with Crippen molar-refractivity contribution in [2.24, 2.45) is 0 Å². The van der Waals surface area contributed by atoms with Crippen molar-refractivity contribution in [2.75, 3.05) is 0 Å². The van der Waals surface area contributed by atoms with Crippen LogP contribution in [0.4, 0.5) is 4.79 Å². The molecule has 1 aliphatic rings. The summed E-state index contributed by atoms with van der Waals surface area (Å²) in [6, 6.07) is -0.389. The second kappa shape index (κ2) is 4.04. The van der Waals surface area contributed by atoms with Gasteiger partial charge in [-0.3, -0.25) is 9.69 Å². The van der Waals surface area contributed by atoms with Crippen molar-refractivity contribution in [2.45, 2.75) is 45.8 Å². The summed E-state index contributed by atoms with van der Waals surface area (Å²) in [7, 11) is 0. The van der Waals surface area contributed by atoms with E-state index in [1.807, 2.05) is 0 Å². The maximum atomic E-state index is 11.7. The van der Waals surface area contributed by atoms with E-state index in [0.717, 1.165) is 0 Å². The third kappa shape index (κ3) is 3.08. The van der Waals surface area contributed by atoms with Crippen LogP contribution in [0, 0.1) is 0 Å². The molecule has 1 heterocycles. The Morgan fingerprint density at radius 2 is 2.00 bits per heavy atom. The molecular formula is C11H17NO3. The van der Waals surface area contributed by atoms with E-state index in [1.165, 1.54) is 11.8 Å². The predicted molar refractivity (Wildman–Crippen MR) is 56.3 cm³/mol. The number of Topliss-reactive ketones (excluding diaryl/α,β-unsaturated/α-hetero) is 1. The molecule has 1 unspecified atom stereocenters. The lowest BCUT2D eigenvalue weighted by Crippen LogP contribution is -2.40. The highest BCUT2D eigenvalue weighted by molar-refractivity contribution is 5.87. The van der Waals surface area contributed by atoms with Crippen LogP contribution in [0.2, 0.25) is 0 Å². The Hall–Kier alpha value is -1.32. The summed E-state index contributed by atoms with van der Waals surface area (Å²) in [4.78, 5) is 24.3. The van der Waals surface area contributed by atoms with Crippen molar-refractivity contribution >= 4 is 11.9 Å². The van der Waals surface area contributed by atoms with E-state index >= 15 is 0 Å². The van der Waals surface area contributed by atoms with E-state index in [1.54, 1.807) is 33.0 Å². The largest absolute Gasteiger partial charge is 0.443 e. The number of ketones is 1. The first-order valence-corrected chi connectivity index (χ1v) is 5.00. The molecule has 15 heavy (non-hydrogen) atoms. The maximum Gasteiger partial charge on any atom is 0.415 e. The Balaban J connectivity index is 2.67. The van der Waals surface area contributed by atoms with Gasteiger partial charge in [0.25, 0.3) is 0 Å². The molecule has 0 fully saturated rings. The SMILES string of the molecule is CC(=O)C1CC=CN1C(=O)OC(C)(C)C. The number of carbonyl (C=O) groups excluding carboxylic acids is 2. The predicted octanol–water partition coefficient (Wildman–Crippen LogP) is 2.10. The van der Waals surface area contributed by atoms with Crippen LogP contribution < -0.4 is 0 Å². The zero-order chi connectivity index (χ0) is 11.6.